The van der Waals surface area contributed by atoms with Crippen LogP contribution in [0.3, 0.4) is 0 Å². The molecule has 22 heavy (non-hydrogen) atoms. The monoisotopic (exact) mass is 302 g/mol. The number of hydrogen-bond donors (Lipinski definition) is 0. The minimum atomic E-state index is 0.410. The fourth-order valence-electron chi connectivity index (χ4n) is 3.73. The van der Waals surface area contributed by atoms with Crippen molar-refractivity contribution in [3.8, 4) is 0 Å². The van der Waals surface area contributed by atoms with Gasteiger partial charge in [-0.3, -0.25) is 0 Å². The van der Waals surface area contributed by atoms with E-state index in [4.69, 9.17) is 0 Å². The molecule has 1 aliphatic rings. The molecule has 0 heteroatoms. The third-order valence-corrected chi connectivity index (χ3v) is 6.11. The zero-order valence-corrected chi connectivity index (χ0v) is 16.3. The first-order valence-electron chi connectivity index (χ1n) is 9.12. The summed E-state index contributed by atoms with van der Waals surface area (Å²) >= 11 is 0. The second kappa shape index (κ2) is 7.66. The predicted octanol–water partition coefficient (Wildman–Crippen LogP) is 7.33. The van der Waals surface area contributed by atoms with Gasteiger partial charge in [-0.05, 0) is 68.8 Å². The fraction of sp³-hybridized carbons (Fsp3) is 0.727. The van der Waals surface area contributed by atoms with Crippen molar-refractivity contribution < 1.29 is 0 Å². The molecule has 0 aromatic rings. The largest absolute Gasteiger partial charge is 0.0995 e. The van der Waals surface area contributed by atoms with Crippen molar-refractivity contribution in [3.63, 3.8) is 0 Å². The van der Waals surface area contributed by atoms with Crippen molar-refractivity contribution in [2.24, 2.45) is 23.2 Å². The van der Waals surface area contributed by atoms with E-state index < -0.39 is 0 Å². The Kier molecular flexibility index (Phi) is 6.71. The van der Waals surface area contributed by atoms with E-state index in [2.05, 4.69) is 68.0 Å². The first kappa shape index (κ1) is 19.3. The summed E-state index contributed by atoms with van der Waals surface area (Å²) in [6, 6.07) is 0. The highest BCUT2D eigenvalue weighted by Crippen LogP contribution is 2.42. The molecule has 3 unspecified atom stereocenters. The Labute approximate surface area is 139 Å². The zero-order valence-electron chi connectivity index (χ0n) is 16.3. The van der Waals surface area contributed by atoms with Crippen LogP contribution in [0.4, 0.5) is 0 Å². The van der Waals surface area contributed by atoms with E-state index in [1.165, 1.54) is 36.8 Å². The summed E-state index contributed by atoms with van der Waals surface area (Å²) in [5.74, 6) is 2.02. The quantitative estimate of drug-likeness (QED) is 0.477. The van der Waals surface area contributed by atoms with Crippen molar-refractivity contribution in [1.82, 2.24) is 0 Å². The number of rotatable bonds is 4. The first-order valence-corrected chi connectivity index (χ1v) is 9.12. The molecule has 0 nitrogen and oxygen atoms in total. The van der Waals surface area contributed by atoms with E-state index >= 15 is 0 Å². The van der Waals surface area contributed by atoms with Crippen LogP contribution in [0, 0.1) is 23.2 Å². The molecule has 0 aliphatic heterocycles. The van der Waals surface area contributed by atoms with Crippen LogP contribution in [0.2, 0.25) is 0 Å². The van der Waals surface area contributed by atoms with Gasteiger partial charge in [0.2, 0.25) is 0 Å². The van der Waals surface area contributed by atoms with Gasteiger partial charge in [0.15, 0.2) is 0 Å². The van der Waals surface area contributed by atoms with Crippen molar-refractivity contribution >= 4 is 0 Å². The maximum absolute atomic E-state index is 4.13. The van der Waals surface area contributed by atoms with Gasteiger partial charge in [-0.2, -0.15) is 0 Å². The SMILES string of the molecule is C=C(C)C(C)/C(C)=C\C1=C(/C)C(C)C(CC)CCC(C)(C)C1. The lowest BCUT2D eigenvalue weighted by atomic mass is 9.70. The molecule has 0 bridgehead atoms. The molecule has 0 amide bonds. The van der Waals surface area contributed by atoms with Crippen molar-refractivity contribution in [3.05, 3.63) is 34.9 Å². The van der Waals surface area contributed by atoms with Gasteiger partial charge in [-0.1, -0.05) is 70.4 Å². The van der Waals surface area contributed by atoms with Crippen LogP contribution in [-0.2, 0) is 0 Å². The van der Waals surface area contributed by atoms with Crippen molar-refractivity contribution in [2.75, 3.05) is 0 Å². The van der Waals surface area contributed by atoms with Gasteiger partial charge >= 0.3 is 0 Å². The van der Waals surface area contributed by atoms with Crippen LogP contribution < -0.4 is 0 Å². The van der Waals surface area contributed by atoms with Gasteiger partial charge < -0.3 is 0 Å². The summed E-state index contributed by atoms with van der Waals surface area (Å²) in [6.07, 6.45) is 7.70. The number of hydrogen-bond acceptors (Lipinski definition) is 0. The van der Waals surface area contributed by atoms with Crippen molar-refractivity contribution in [2.45, 2.75) is 81.1 Å². The maximum Gasteiger partial charge on any atom is -0.00264 e. The summed E-state index contributed by atoms with van der Waals surface area (Å²) in [7, 11) is 0. The topological polar surface area (TPSA) is 0 Å². The van der Waals surface area contributed by atoms with E-state index in [0.29, 0.717) is 17.3 Å². The summed E-state index contributed by atoms with van der Waals surface area (Å²) in [6.45, 7) is 22.9. The van der Waals surface area contributed by atoms with E-state index in [1.54, 1.807) is 11.1 Å². The molecule has 0 saturated heterocycles. The molecule has 0 fully saturated rings. The van der Waals surface area contributed by atoms with Crippen LogP contribution in [-0.4, -0.2) is 0 Å². The average Bonchev–Trinajstić information content (AvgIpc) is 2.43. The Morgan fingerprint density at radius 3 is 2.45 bits per heavy atom. The lowest BCUT2D eigenvalue weighted by Gasteiger charge is -2.35. The third-order valence-electron chi connectivity index (χ3n) is 6.11. The van der Waals surface area contributed by atoms with Gasteiger partial charge in [-0.25, -0.2) is 0 Å². The molecule has 0 spiro atoms. The minimum absolute atomic E-state index is 0.410. The molecule has 1 rings (SSSR count). The van der Waals surface area contributed by atoms with Gasteiger partial charge in [-0.15, -0.1) is 0 Å². The standard InChI is InChI=1S/C22H38/c1-10-20-11-12-22(8,9)14-21(19(7)18(20)6)13-16(4)17(5)15(2)3/h13,17-18,20H,2,10-12,14H2,1,3-9H3/b16-13-,21-19-. The summed E-state index contributed by atoms with van der Waals surface area (Å²) < 4.78 is 0. The predicted molar refractivity (Wildman–Crippen MR) is 101 cm³/mol. The van der Waals surface area contributed by atoms with Gasteiger partial charge in [0.1, 0.15) is 0 Å². The molecule has 0 heterocycles. The molecule has 0 aromatic carbocycles. The third kappa shape index (κ3) is 4.86. The van der Waals surface area contributed by atoms with Gasteiger partial charge in [0.25, 0.3) is 0 Å². The Morgan fingerprint density at radius 2 is 1.95 bits per heavy atom. The minimum Gasteiger partial charge on any atom is -0.0995 e. The van der Waals surface area contributed by atoms with Crippen LogP contribution in [0.1, 0.15) is 81.1 Å². The normalized spacial score (nSPS) is 31.4. The van der Waals surface area contributed by atoms with E-state index in [9.17, 15) is 0 Å². The van der Waals surface area contributed by atoms with Crippen LogP contribution in [0.25, 0.3) is 0 Å². The lowest BCUT2D eigenvalue weighted by Crippen LogP contribution is -2.23. The van der Waals surface area contributed by atoms with Crippen LogP contribution >= 0.6 is 0 Å². The molecule has 1 aliphatic carbocycles. The highest BCUT2D eigenvalue weighted by atomic mass is 14.3. The van der Waals surface area contributed by atoms with E-state index in [-0.39, 0.29) is 0 Å². The highest BCUT2D eigenvalue weighted by molar-refractivity contribution is 5.33. The highest BCUT2D eigenvalue weighted by Gasteiger charge is 2.28. The first-order chi connectivity index (χ1) is 10.1. The Morgan fingerprint density at radius 1 is 1.36 bits per heavy atom. The smallest absolute Gasteiger partial charge is 0.00264 e. The Balaban J connectivity index is 3.25. The number of allylic oxidation sites excluding steroid dienone is 5. The molecule has 0 N–H and O–H groups in total. The van der Waals surface area contributed by atoms with Gasteiger partial charge in [0, 0.05) is 0 Å². The lowest BCUT2D eigenvalue weighted by molar-refractivity contribution is 0.247. The Bertz CT molecular complexity index is 458. The van der Waals surface area contributed by atoms with Crippen molar-refractivity contribution in [1.29, 1.82) is 0 Å². The molecular weight excluding hydrogens is 264 g/mol. The summed E-state index contributed by atoms with van der Waals surface area (Å²) in [5.41, 5.74) is 6.33. The van der Waals surface area contributed by atoms with Gasteiger partial charge in [0.05, 0.1) is 0 Å². The molecule has 0 saturated carbocycles. The average molecular weight is 303 g/mol. The molecule has 0 radical (unpaired) electrons. The fourth-order valence-corrected chi connectivity index (χ4v) is 3.73. The zero-order chi connectivity index (χ0) is 17.1. The second-order valence-electron chi connectivity index (χ2n) is 8.50. The van der Waals surface area contributed by atoms with Crippen LogP contribution in [0.5, 0.6) is 0 Å². The second-order valence-corrected chi connectivity index (χ2v) is 8.50. The summed E-state index contributed by atoms with van der Waals surface area (Å²) in [5, 5.41) is 0. The van der Waals surface area contributed by atoms with E-state index in [0.717, 1.165) is 5.92 Å². The summed E-state index contributed by atoms with van der Waals surface area (Å²) in [4.78, 5) is 0. The Hall–Kier alpha value is -0.780. The molecular formula is C22H38. The molecule has 0 aromatic heterocycles. The maximum atomic E-state index is 4.13. The van der Waals surface area contributed by atoms with E-state index in [1.807, 2.05) is 0 Å². The molecule has 3 atom stereocenters. The molecule has 126 valence electrons. The van der Waals surface area contributed by atoms with Crippen LogP contribution in [0.15, 0.2) is 34.9 Å².